The Bertz CT molecular complexity index is 524. The van der Waals surface area contributed by atoms with Gasteiger partial charge in [-0.15, -0.1) is 0 Å². The summed E-state index contributed by atoms with van der Waals surface area (Å²) in [6, 6.07) is 15.1. The van der Waals surface area contributed by atoms with Crippen molar-refractivity contribution in [3.05, 3.63) is 42.5 Å². The Labute approximate surface area is 122 Å². The highest BCUT2D eigenvalue weighted by Gasteiger charge is 2.07. The van der Waals surface area contributed by atoms with E-state index in [9.17, 15) is 0 Å². The largest absolute Gasteiger partial charge is 0.492 e. The van der Waals surface area contributed by atoms with Crippen molar-refractivity contribution in [1.29, 1.82) is 0 Å². The molecule has 20 heavy (non-hydrogen) atoms. The molecule has 108 valence electrons. The van der Waals surface area contributed by atoms with Crippen LogP contribution in [-0.4, -0.2) is 19.2 Å². The third-order valence-electron chi connectivity index (χ3n) is 3.49. The third-order valence-corrected chi connectivity index (χ3v) is 3.49. The molecular weight excluding hydrogens is 246 g/mol. The minimum atomic E-state index is 0.450. The number of benzene rings is 2. The van der Waals surface area contributed by atoms with Gasteiger partial charge in [0.15, 0.2) is 0 Å². The van der Waals surface area contributed by atoms with E-state index >= 15 is 0 Å². The predicted molar refractivity (Wildman–Crippen MR) is 86.4 cm³/mol. The van der Waals surface area contributed by atoms with Gasteiger partial charge in [-0.2, -0.15) is 0 Å². The van der Waals surface area contributed by atoms with E-state index < -0.39 is 0 Å². The molecule has 1 atom stereocenters. The van der Waals surface area contributed by atoms with Gasteiger partial charge in [-0.3, -0.25) is 0 Å². The van der Waals surface area contributed by atoms with Crippen molar-refractivity contribution in [3.8, 4) is 5.75 Å². The maximum Gasteiger partial charge on any atom is 0.120 e. The van der Waals surface area contributed by atoms with E-state index in [-0.39, 0.29) is 0 Å². The summed E-state index contributed by atoms with van der Waals surface area (Å²) in [7, 11) is 0. The summed E-state index contributed by atoms with van der Waals surface area (Å²) in [5.41, 5.74) is 0. The van der Waals surface area contributed by atoms with E-state index in [1.165, 1.54) is 17.2 Å². The fraction of sp³-hybridized carbons (Fsp3) is 0.444. The molecule has 2 heteroatoms. The van der Waals surface area contributed by atoms with Crippen LogP contribution in [0.5, 0.6) is 5.75 Å². The highest BCUT2D eigenvalue weighted by Crippen LogP contribution is 2.20. The van der Waals surface area contributed by atoms with Crippen molar-refractivity contribution >= 4 is 10.8 Å². The molecular formula is C18H25NO. The second-order valence-electron chi connectivity index (χ2n) is 5.26. The van der Waals surface area contributed by atoms with Crippen LogP contribution < -0.4 is 10.1 Å². The lowest BCUT2D eigenvalue weighted by atomic mass is 10.1. The highest BCUT2D eigenvalue weighted by molar-refractivity contribution is 5.83. The van der Waals surface area contributed by atoms with E-state index in [4.69, 9.17) is 4.74 Å². The van der Waals surface area contributed by atoms with Gasteiger partial charge in [-0.25, -0.2) is 0 Å². The topological polar surface area (TPSA) is 21.3 Å². The van der Waals surface area contributed by atoms with Gasteiger partial charge in [0.05, 0.1) is 0 Å². The first-order valence-corrected chi connectivity index (χ1v) is 7.68. The molecule has 2 aromatic rings. The average molecular weight is 271 g/mol. The molecule has 0 heterocycles. The average Bonchev–Trinajstić information content (AvgIpc) is 2.50. The lowest BCUT2D eigenvalue weighted by molar-refractivity contribution is 0.256. The lowest BCUT2D eigenvalue weighted by Crippen LogP contribution is -2.35. The van der Waals surface area contributed by atoms with Crippen molar-refractivity contribution in [3.63, 3.8) is 0 Å². The maximum absolute atomic E-state index is 5.96. The molecule has 0 aliphatic rings. The van der Waals surface area contributed by atoms with Gasteiger partial charge in [0.2, 0.25) is 0 Å². The van der Waals surface area contributed by atoms with Crippen LogP contribution in [0.15, 0.2) is 42.5 Å². The molecule has 0 saturated heterocycles. The van der Waals surface area contributed by atoms with Crippen molar-refractivity contribution in [2.45, 2.75) is 39.2 Å². The first-order valence-electron chi connectivity index (χ1n) is 7.68. The van der Waals surface area contributed by atoms with E-state index in [1.807, 2.05) is 0 Å². The Kier molecular flexibility index (Phi) is 5.87. The van der Waals surface area contributed by atoms with E-state index in [1.54, 1.807) is 0 Å². The SMILES string of the molecule is CCCNC(CCC)COc1ccc2ccccc2c1. The van der Waals surface area contributed by atoms with Gasteiger partial charge in [-0.05, 0) is 42.3 Å². The minimum absolute atomic E-state index is 0.450. The number of rotatable bonds is 8. The lowest BCUT2D eigenvalue weighted by Gasteiger charge is -2.18. The molecule has 0 aliphatic carbocycles. The quantitative estimate of drug-likeness (QED) is 0.769. The molecule has 0 aromatic heterocycles. The molecule has 0 radical (unpaired) electrons. The van der Waals surface area contributed by atoms with Crippen LogP contribution in [0.3, 0.4) is 0 Å². The monoisotopic (exact) mass is 271 g/mol. The number of hydrogen-bond donors (Lipinski definition) is 1. The Morgan fingerprint density at radius 1 is 1.00 bits per heavy atom. The molecule has 0 spiro atoms. The fourth-order valence-corrected chi connectivity index (χ4v) is 2.40. The standard InChI is InChI=1S/C18H25NO/c1-3-7-17(19-12-4-2)14-20-18-11-10-15-8-5-6-9-16(15)13-18/h5-6,8-11,13,17,19H,3-4,7,12,14H2,1-2H3. The molecule has 2 nitrogen and oxygen atoms in total. The zero-order valence-electron chi connectivity index (χ0n) is 12.6. The number of fused-ring (bicyclic) bond motifs is 1. The summed E-state index contributed by atoms with van der Waals surface area (Å²) in [6.45, 7) is 6.22. The van der Waals surface area contributed by atoms with Crippen molar-refractivity contribution < 1.29 is 4.74 Å². The fourth-order valence-electron chi connectivity index (χ4n) is 2.40. The molecule has 0 aliphatic heterocycles. The van der Waals surface area contributed by atoms with Crippen LogP contribution in [0.4, 0.5) is 0 Å². The van der Waals surface area contributed by atoms with Crippen LogP contribution in [0.1, 0.15) is 33.1 Å². The number of hydrogen-bond acceptors (Lipinski definition) is 2. The van der Waals surface area contributed by atoms with Crippen LogP contribution in [-0.2, 0) is 0 Å². The predicted octanol–water partition coefficient (Wildman–Crippen LogP) is 4.39. The summed E-state index contributed by atoms with van der Waals surface area (Å²) in [4.78, 5) is 0. The van der Waals surface area contributed by atoms with Gasteiger partial charge in [0, 0.05) is 6.04 Å². The molecule has 0 fully saturated rings. The van der Waals surface area contributed by atoms with E-state index in [2.05, 4.69) is 61.6 Å². The van der Waals surface area contributed by atoms with E-state index in [0.717, 1.165) is 31.7 Å². The van der Waals surface area contributed by atoms with Gasteiger partial charge in [0.1, 0.15) is 12.4 Å². The first-order chi connectivity index (χ1) is 9.83. The first kappa shape index (κ1) is 14.9. The smallest absolute Gasteiger partial charge is 0.120 e. The molecule has 0 bridgehead atoms. The van der Waals surface area contributed by atoms with E-state index in [0.29, 0.717) is 6.04 Å². The van der Waals surface area contributed by atoms with Crippen LogP contribution in [0.25, 0.3) is 10.8 Å². The second kappa shape index (κ2) is 7.91. The summed E-state index contributed by atoms with van der Waals surface area (Å²) >= 11 is 0. The normalized spacial score (nSPS) is 12.5. The van der Waals surface area contributed by atoms with Gasteiger partial charge >= 0.3 is 0 Å². The Hall–Kier alpha value is -1.54. The maximum atomic E-state index is 5.96. The molecule has 2 aromatic carbocycles. The van der Waals surface area contributed by atoms with Crippen LogP contribution in [0, 0.1) is 0 Å². The number of ether oxygens (including phenoxy) is 1. The highest BCUT2D eigenvalue weighted by atomic mass is 16.5. The molecule has 1 N–H and O–H groups in total. The Morgan fingerprint density at radius 2 is 1.80 bits per heavy atom. The zero-order valence-corrected chi connectivity index (χ0v) is 12.6. The summed E-state index contributed by atoms with van der Waals surface area (Å²) < 4.78 is 5.96. The molecule has 2 rings (SSSR count). The Morgan fingerprint density at radius 3 is 2.55 bits per heavy atom. The van der Waals surface area contributed by atoms with Crippen LogP contribution >= 0.6 is 0 Å². The van der Waals surface area contributed by atoms with Crippen molar-refractivity contribution in [2.24, 2.45) is 0 Å². The van der Waals surface area contributed by atoms with Crippen molar-refractivity contribution in [1.82, 2.24) is 5.32 Å². The summed E-state index contributed by atoms with van der Waals surface area (Å²) in [5.74, 6) is 0.961. The zero-order chi connectivity index (χ0) is 14.2. The second-order valence-corrected chi connectivity index (χ2v) is 5.26. The van der Waals surface area contributed by atoms with Gasteiger partial charge in [-0.1, -0.05) is 50.6 Å². The Balaban J connectivity index is 1.96. The summed E-state index contributed by atoms with van der Waals surface area (Å²) in [5, 5.41) is 6.05. The molecule has 0 saturated carbocycles. The minimum Gasteiger partial charge on any atom is -0.492 e. The van der Waals surface area contributed by atoms with Crippen LogP contribution in [0.2, 0.25) is 0 Å². The summed E-state index contributed by atoms with van der Waals surface area (Å²) in [6.07, 6.45) is 3.51. The molecule has 0 amide bonds. The van der Waals surface area contributed by atoms with Gasteiger partial charge < -0.3 is 10.1 Å². The third kappa shape index (κ3) is 4.24. The molecule has 1 unspecified atom stereocenters. The number of nitrogens with one attached hydrogen (secondary N) is 1. The van der Waals surface area contributed by atoms with Gasteiger partial charge in [0.25, 0.3) is 0 Å². The van der Waals surface area contributed by atoms with Crippen molar-refractivity contribution in [2.75, 3.05) is 13.2 Å².